The van der Waals surface area contributed by atoms with Crippen molar-refractivity contribution < 1.29 is 4.57 Å². The number of pyridine rings is 1. The van der Waals surface area contributed by atoms with Gasteiger partial charge in [-0.15, -0.1) is 0 Å². The smallest absolute Gasteiger partial charge is 0.110 e. The molecule has 3 heteroatoms. The highest BCUT2D eigenvalue weighted by molar-refractivity contribution is 7.70. The van der Waals surface area contributed by atoms with E-state index in [1.54, 1.807) is 0 Å². The van der Waals surface area contributed by atoms with Gasteiger partial charge in [0.2, 0.25) is 0 Å². The second-order valence-corrected chi connectivity index (χ2v) is 8.70. The maximum atomic E-state index is 12.6. The van der Waals surface area contributed by atoms with Gasteiger partial charge in [0.15, 0.2) is 0 Å². The molecule has 2 aromatic rings. The maximum absolute atomic E-state index is 12.6. The molecule has 0 saturated carbocycles. The Morgan fingerprint density at radius 3 is 2.44 bits per heavy atom. The zero-order valence-corrected chi connectivity index (χ0v) is 12.6. The highest BCUT2D eigenvalue weighted by atomic mass is 31.2. The van der Waals surface area contributed by atoms with Gasteiger partial charge >= 0.3 is 0 Å². The van der Waals surface area contributed by atoms with Gasteiger partial charge in [0.05, 0.1) is 0 Å². The monoisotopic (exact) mass is 261 g/mol. The molecule has 2 nitrogen and oxygen atoms in total. The SMILES string of the molecule is Cc1cc2c(P(C)(C)=O)c(C(C)C)ccc2cn1. The molecule has 0 atom stereocenters. The number of hydrogen-bond acceptors (Lipinski definition) is 2. The number of rotatable bonds is 2. The normalized spacial score (nSPS) is 12.3. The van der Waals surface area contributed by atoms with Crippen LogP contribution in [0.5, 0.6) is 0 Å². The van der Waals surface area contributed by atoms with E-state index in [0.29, 0.717) is 5.92 Å². The van der Waals surface area contributed by atoms with E-state index < -0.39 is 7.14 Å². The van der Waals surface area contributed by atoms with Gasteiger partial charge in [0.1, 0.15) is 7.14 Å². The van der Waals surface area contributed by atoms with Crippen LogP contribution in [0.1, 0.15) is 31.0 Å². The highest BCUT2D eigenvalue weighted by Crippen LogP contribution is 2.40. The van der Waals surface area contributed by atoms with Crippen LogP contribution in [0.3, 0.4) is 0 Å². The average molecular weight is 261 g/mol. The highest BCUT2D eigenvalue weighted by Gasteiger charge is 2.21. The molecule has 2 rings (SSSR count). The average Bonchev–Trinajstić information content (AvgIpc) is 2.25. The van der Waals surface area contributed by atoms with Crippen molar-refractivity contribution in [1.82, 2.24) is 4.98 Å². The van der Waals surface area contributed by atoms with E-state index in [0.717, 1.165) is 21.8 Å². The Morgan fingerprint density at radius 1 is 1.22 bits per heavy atom. The summed E-state index contributed by atoms with van der Waals surface area (Å²) in [5.74, 6) is 0.381. The summed E-state index contributed by atoms with van der Waals surface area (Å²) in [6, 6.07) is 6.23. The van der Waals surface area contributed by atoms with Crippen LogP contribution in [0.15, 0.2) is 24.4 Å². The largest absolute Gasteiger partial charge is 0.319 e. The zero-order chi connectivity index (χ0) is 13.5. The summed E-state index contributed by atoms with van der Waals surface area (Å²) in [5, 5.41) is 3.20. The first-order valence-electron chi connectivity index (χ1n) is 6.25. The summed E-state index contributed by atoms with van der Waals surface area (Å²) < 4.78 is 12.6. The second-order valence-electron chi connectivity index (χ2n) is 5.56. The van der Waals surface area contributed by atoms with Gasteiger partial charge in [-0.1, -0.05) is 26.0 Å². The Bertz CT molecular complexity index is 640. The molecule has 1 aromatic carbocycles. The Morgan fingerprint density at radius 2 is 1.89 bits per heavy atom. The minimum Gasteiger partial charge on any atom is -0.319 e. The van der Waals surface area contributed by atoms with Crippen molar-refractivity contribution in [2.75, 3.05) is 13.3 Å². The summed E-state index contributed by atoms with van der Waals surface area (Å²) in [7, 11) is -2.30. The molecule has 0 aliphatic heterocycles. The number of aromatic nitrogens is 1. The van der Waals surface area contributed by atoms with Crippen LogP contribution in [0.2, 0.25) is 0 Å². The lowest BCUT2D eigenvalue weighted by molar-refractivity contribution is 0.588. The van der Waals surface area contributed by atoms with Crippen LogP contribution in [0.25, 0.3) is 10.8 Å². The molecule has 0 N–H and O–H groups in total. The number of fused-ring (bicyclic) bond motifs is 1. The number of nitrogens with zero attached hydrogens (tertiary/aromatic N) is 1. The van der Waals surface area contributed by atoms with Crippen LogP contribution < -0.4 is 5.30 Å². The molecule has 18 heavy (non-hydrogen) atoms. The Hall–Kier alpha value is -1.14. The number of aryl methyl sites for hydroxylation is 1. The van der Waals surface area contributed by atoms with Crippen molar-refractivity contribution >= 4 is 23.2 Å². The lowest BCUT2D eigenvalue weighted by Gasteiger charge is -2.19. The fourth-order valence-corrected chi connectivity index (χ4v) is 4.12. The van der Waals surface area contributed by atoms with Gasteiger partial charge in [-0.05, 0) is 43.2 Å². The van der Waals surface area contributed by atoms with Crippen LogP contribution in [-0.2, 0) is 4.57 Å². The molecule has 0 unspecified atom stereocenters. The van der Waals surface area contributed by atoms with Crippen molar-refractivity contribution in [3.8, 4) is 0 Å². The van der Waals surface area contributed by atoms with E-state index >= 15 is 0 Å². The van der Waals surface area contributed by atoms with E-state index in [1.165, 1.54) is 5.56 Å². The summed E-state index contributed by atoms with van der Waals surface area (Å²) in [5.41, 5.74) is 2.17. The summed E-state index contributed by atoms with van der Waals surface area (Å²) in [6.07, 6.45) is 1.87. The zero-order valence-electron chi connectivity index (χ0n) is 11.7. The molecule has 0 bridgehead atoms. The van der Waals surface area contributed by atoms with Crippen molar-refractivity contribution in [1.29, 1.82) is 0 Å². The Kier molecular flexibility index (Phi) is 3.33. The Balaban J connectivity index is 2.93. The van der Waals surface area contributed by atoms with Gasteiger partial charge in [-0.25, -0.2) is 0 Å². The molecular weight excluding hydrogens is 241 g/mol. The third-order valence-corrected chi connectivity index (χ3v) is 4.78. The fraction of sp³-hybridized carbons (Fsp3) is 0.400. The second kappa shape index (κ2) is 4.51. The van der Waals surface area contributed by atoms with E-state index in [4.69, 9.17) is 0 Å². The molecule has 0 aliphatic carbocycles. The summed E-state index contributed by atoms with van der Waals surface area (Å²) >= 11 is 0. The molecular formula is C15H20NOP. The van der Waals surface area contributed by atoms with Crippen LogP contribution in [-0.4, -0.2) is 18.3 Å². The van der Waals surface area contributed by atoms with E-state index in [2.05, 4.69) is 37.0 Å². The summed E-state index contributed by atoms with van der Waals surface area (Å²) in [4.78, 5) is 4.32. The molecule has 0 amide bonds. The topological polar surface area (TPSA) is 30.0 Å². The molecule has 1 aromatic heterocycles. The maximum Gasteiger partial charge on any atom is 0.110 e. The predicted octanol–water partition coefficient (Wildman–Crippen LogP) is 3.91. The fourth-order valence-electron chi connectivity index (χ4n) is 2.39. The van der Waals surface area contributed by atoms with Crippen LogP contribution >= 0.6 is 7.14 Å². The van der Waals surface area contributed by atoms with Crippen LogP contribution in [0.4, 0.5) is 0 Å². The first-order valence-corrected chi connectivity index (χ1v) is 8.85. The molecule has 0 aliphatic rings. The van der Waals surface area contributed by atoms with Gasteiger partial charge in [-0.2, -0.15) is 0 Å². The molecule has 0 radical (unpaired) electrons. The van der Waals surface area contributed by atoms with Crippen LogP contribution in [0, 0.1) is 6.92 Å². The van der Waals surface area contributed by atoms with E-state index in [9.17, 15) is 4.57 Å². The van der Waals surface area contributed by atoms with Crippen molar-refractivity contribution in [2.24, 2.45) is 0 Å². The minimum atomic E-state index is -2.30. The van der Waals surface area contributed by atoms with Gasteiger partial charge in [0.25, 0.3) is 0 Å². The van der Waals surface area contributed by atoms with E-state index in [-0.39, 0.29) is 0 Å². The lowest BCUT2D eigenvalue weighted by atomic mass is 9.99. The Labute approximate surface area is 109 Å². The molecule has 1 heterocycles. The first kappa shape index (κ1) is 13.3. The number of hydrogen-bond donors (Lipinski definition) is 0. The third kappa shape index (κ3) is 2.35. The molecule has 96 valence electrons. The van der Waals surface area contributed by atoms with Gasteiger partial charge in [-0.3, -0.25) is 4.98 Å². The predicted molar refractivity (Wildman–Crippen MR) is 79.7 cm³/mol. The van der Waals surface area contributed by atoms with Gasteiger partial charge in [0, 0.05) is 22.6 Å². The minimum absolute atomic E-state index is 0.381. The molecule has 0 fully saturated rings. The van der Waals surface area contributed by atoms with Crippen molar-refractivity contribution in [3.63, 3.8) is 0 Å². The lowest BCUT2D eigenvalue weighted by Crippen LogP contribution is -2.13. The van der Waals surface area contributed by atoms with Crippen molar-refractivity contribution in [2.45, 2.75) is 26.7 Å². The quantitative estimate of drug-likeness (QED) is 0.767. The molecule has 0 saturated heterocycles. The standard InChI is InChI=1S/C15H20NOP/c1-10(2)13-7-6-12-9-16-11(3)8-14(12)15(13)18(4,5)17/h6-10H,1-5H3. The summed E-state index contributed by atoms with van der Waals surface area (Å²) in [6.45, 7) is 9.97. The first-order chi connectivity index (χ1) is 8.30. The molecule has 0 spiro atoms. The third-order valence-electron chi connectivity index (χ3n) is 3.20. The van der Waals surface area contributed by atoms with Gasteiger partial charge < -0.3 is 4.57 Å². The van der Waals surface area contributed by atoms with E-state index in [1.807, 2.05) is 26.5 Å². The number of benzene rings is 1. The van der Waals surface area contributed by atoms with Crippen molar-refractivity contribution in [3.05, 3.63) is 35.7 Å².